The highest BCUT2D eigenvalue weighted by Crippen LogP contribution is 2.32. The maximum atomic E-state index is 11.2. The van der Waals surface area contributed by atoms with Gasteiger partial charge in [-0.25, -0.2) is 9.78 Å². The standard InChI is InChI=1S/C14H11NO4S/c1-18-7-9-12(14(16)17)20-13(15-9)11-6-8-4-2-3-5-10(8)19-11/h2-6H,7H2,1H3,(H,16,17). The first-order chi connectivity index (χ1) is 9.69. The molecule has 0 saturated heterocycles. The second-order valence-corrected chi connectivity index (χ2v) is 5.18. The Hall–Kier alpha value is -2.18. The van der Waals surface area contributed by atoms with Crippen LogP contribution in [0.3, 0.4) is 0 Å². The number of fused-ring (bicyclic) bond motifs is 1. The summed E-state index contributed by atoms with van der Waals surface area (Å²) in [6.45, 7) is 0.165. The number of furan rings is 1. The van der Waals surface area contributed by atoms with Gasteiger partial charge in [0.1, 0.15) is 10.5 Å². The molecule has 0 radical (unpaired) electrons. The van der Waals surface area contributed by atoms with E-state index in [0.717, 1.165) is 22.3 Å². The van der Waals surface area contributed by atoms with E-state index in [9.17, 15) is 9.90 Å². The second-order valence-electron chi connectivity index (χ2n) is 4.18. The normalized spacial score (nSPS) is 11.1. The van der Waals surface area contributed by atoms with Gasteiger partial charge in [0.2, 0.25) is 0 Å². The Morgan fingerprint density at radius 3 is 2.95 bits per heavy atom. The molecule has 0 saturated carbocycles. The van der Waals surface area contributed by atoms with Gasteiger partial charge in [-0.3, -0.25) is 0 Å². The SMILES string of the molecule is COCc1nc(-c2cc3ccccc3o2)sc1C(=O)O. The number of nitrogens with zero attached hydrogens (tertiary/aromatic N) is 1. The molecule has 6 heteroatoms. The van der Waals surface area contributed by atoms with Crippen molar-refractivity contribution in [2.24, 2.45) is 0 Å². The van der Waals surface area contributed by atoms with Crippen molar-refractivity contribution in [2.75, 3.05) is 7.11 Å². The highest BCUT2D eigenvalue weighted by Gasteiger charge is 2.19. The lowest BCUT2D eigenvalue weighted by Gasteiger charge is -1.94. The van der Waals surface area contributed by atoms with Crippen molar-refractivity contribution in [3.63, 3.8) is 0 Å². The highest BCUT2D eigenvalue weighted by molar-refractivity contribution is 7.16. The lowest BCUT2D eigenvalue weighted by atomic mass is 10.2. The summed E-state index contributed by atoms with van der Waals surface area (Å²) < 4.78 is 10.7. The number of carboxylic acid groups (broad SMARTS) is 1. The number of methoxy groups -OCH3 is 1. The summed E-state index contributed by atoms with van der Waals surface area (Å²) in [4.78, 5) is 15.7. The van der Waals surface area contributed by atoms with Gasteiger partial charge < -0.3 is 14.3 Å². The van der Waals surface area contributed by atoms with E-state index in [-0.39, 0.29) is 11.5 Å². The van der Waals surface area contributed by atoms with E-state index < -0.39 is 5.97 Å². The quantitative estimate of drug-likeness (QED) is 0.797. The summed E-state index contributed by atoms with van der Waals surface area (Å²) in [6.07, 6.45) is 0. The van der Waals surface area contributed by atoms with Crippen molar-refractivity contribution < 1.29 is 19.1 Å². The van der Waals surface area contributed by atoms with Gasteiger partial charge in [0.15, 0.2) is 10.8 Å². The summed E-state index contributed by atoms with van der Waals surface area (Å²) in [6, 6.07) is 9.46. The van der Waals surface area contributed by atoms with Crippen LogP contribution in [0.2, 0.25) is 0 Å². The van der Waals surface area contributed by atoms with Crippen LogP contribution in [0.15, 0.2) is 34.7 Å². The average molecular weight is 289 g/mol. The Balaban J connectivity index is 2.09. The summed E-state index contributed by atoms with van der Waals surface area (Å²) in [7, 11) is 1.51. The molecule has 3 aromatic rings. The lowest BCUT2D eigenvalue weighted by molar-refractivity contribution is 0.0697. The predicted octanol–water partition coefficient (Wildman–Crippen LogP) is 3.40. The second kappa shape index (κ2) is 5.07. The summed E-state index contributed by atoms with van der Waals surface area (Å²) in [5.74, 6) is -0.432. The number of thiazole rings is 1. The molecule has 2 aromatic heterocycles. The van der Waals surface area contributed by atoms with E-state index in [1.54, 1.807) is 0 Å². The molecule has 0 spiro atoms. The van der Waals surface area contributed by atoms with Crippen LogP contribution in [0.1, 0.15) is 15.4 Å². The van der Waals surface area contributed by atoms with Crippen LogP contribution in [-0.4, -0.2) is 23.2 Å². The molecule has 0 aliphatic rings. The smallest absolute Gasteiger partial charge is 0.347 e. The molecule has 0 bridgehead atoms. The highest BCUT2D eigenvalue weighted by atomic mass is 32.1. The van der Waals surface area contributed by atoms with E-state index in [1.165, 1.54) is 7.11 Å². The molecular weight excluding hydrogens is 278 g/mol. The molecule has 0 aliphatic carbocycles. The van der Waals surface area contributed by atoms with Gasteiger partial charge in [-0.05, 0) is 12.1 Å². The molecule has 0 fully saturated rings. The Labute approximate surface area is 118 Å². The maximum absolute atomic E-state index is 11.2. The van der Waals surface area contributed by atoms with Gasteiger partial charge in [-0.1, -0.05) is 18.2 Å². The van der Waals surface area contributed by atoms with Gasteiger partial charge in [0.05, 0.1) is 12.3 Å². The van der Waals surface area contributed by atoms with Crippen LogP contribution < -0.4 is 0 Å². The molecule has 0 aliphatic heterocycles. The first kappa shape index (κ1) is 12.8. The third-order valence-electron chi connectivity index (χ3n) is 2.81. The largest absolute Gasteiger partial charge is 0.477 e. The molecule has 3 rings (SSSR count). The molecule has 0 amide bonds. The number of rotatable bonds is 4. The lowest BCUT2D eigenvalue weighted by Crippen LogP contribution is -1.99. The van der Waals surface area contributed by atoms with E-state index in [2.05, 4.69) is 4.98 Å². The number of hydrogen-bond acceptors (Lipinski definition) is 5. The fraction of sp³-hybridized carbons (Fsp3) is 0.143. The molecule has 0 unspecified atom stereocenters. The van der Waals surface area contributed by atoms with E-state index in [0.29, 0.717) is 16.5 Å². The van der Waals surface area contributed by atoms with Crippen LogP contribution in [0.25, 0.3) is 21.7 Å². The number of ether oxygens (including phenoxy) is 1. The molecule has 102 valence electrons. The molecular formula is C14H11NO4S. The van der Waals surface area contributed by atoms with Gasteiger partial charge in [0, 0.05) is 12.5 Å². The maximum Gasteiger partial charge on any atom is 0.347 e. The van der Waals surface area contributed by atoms with Crippen molar-refractivity contribution >= 4 is 28.3 Å². The molecule has 2 heterocycles. The van der Waals surface area contributed by atoms with E-state index in [1.807, 2.05) is 30.3 Å². The van der Waals surface area contributed by atoms with Crippen molar-refractivity contribution in [1.29, 1.82) is 0 Å². The zero-order valence-corrected chi connectivity index (χ0v) is 11.4. The van der Waals surface area contributed by atoms with Crippen molar-refractivity contribution in [3.05, 3.63) is 40.9 Å². The van der Waals surface area contributed by atoms with E-state index >= 15 is 0 Å². The van der Waals surface area contributed by atoms with Crippen LogP contribution >= 0.6 is 11.3 Å². The minimum absolute atomic E-state index is 0.165. The van der Waals surface area contributed by atoms with Crippen molar-refractivity contribution in [1.82, 2.24) is 4.98 Å². The number of carboxylic acids is 1. The zero-order valence-electron chi connectivity index (χ0n) is 10.6. The molecule has 5 nitrogen and oxygen atoms in total. The zero-order chi connectivity index (χ0) is 14.1. The topological polar surface area (TPSA) is 72.6 Å². The monoisotopic (exact) mass is 289 g/mol. The Morgan fingerprint density at radius 2 is 2.25 bits per heavy atom. The van der Waals surface area contributed by atoms with Gasteiger partial charge >= 0.3 is 5.97 Å². The van der Waals surface area contributed by atoms with Crippen LogP contribution in [0.5, 0.6) is 0 Å². The minimum Gasteiger partial charge on any atom is -0.477 e. The Bertz CT molecular complexity index is 741. The number of aromatic carboxylic acids is 1. The van der Waals surface area contributed by atoms with Crippen LogP contribution in [-0.2, 0) is 11.3 Å². The average Bonchev–Trinajstić information content (AvgIpc) is 3.02. The molecule has 1 aromatic carbocycles. The number of aromatic nitrogens is 1. The molecule has 1 N–H and O–H groups in total. The van der Waals surface area contributed by atoms with Crippen LogP contribution in [0.4, 0.5) is 0 Å². The van der Waals surface area contributed by atoms with Crippen molar-refractivity contribution in [2.45, 2.75) is 6.61 Å². The number of carbonyl (C=O) groups is 1. The first-order valence-electron chi connectivity index (χ1n) is 5.90. The molecule has 20 heavy (non-hydrogen) atoms. The summed E-state index contributed by atoms with van der Waals surface area (Å²) in [5, 5.41) is 10.7. The minimum atomic E-state index is -1.00. The third kappa shape index (κ3) is 2.19. The Kier molecular flexibility index (Phi) is 3.25. The van der Waals surface area contributed by atoms with Gasteiger partial charge in [0.25, 0.3) is 0 Å². The third-order valence-corrected chi connectivity index (χ3v) is 3.91. The Morgan fingerprint density at radius 1 is 1.45 bits per heavy atom. The molecule has 0 atom stereocenters. The predicted molar refractivity (Wildman–Crippen MR) is 75.0 cm³/mol. The number of para-hydroxylation sites is 1. The van der Waals surface area contributed by atoms with E-state index in [4.69, 9.17) is 9.15 Å². The first-order valence-corrected chi connectivity index (χ1v) is 6.71. The fourth-order valence-electron chi connectivity index (χ4n) is 1.95. The number of hydrogen-bond donors (Lipinski definition) is 1. The summed E-state index contributed by atoms with van der Waals surface area (Å²) in [5.41, 5.74) is 1.17. The number of benzene rings is 1. The van der Waals surface area contributed by atoms with Crippen LogP contribution in [0, 0.1) is 0 Å². The van der Waals surface area contributed by atoms with Gasteiger partial charge in [-0.2, -0.15) is 0 Å². The fourth-order valence-corrected chi connectivity index (χ4v) is 2.81. The van der Waals surface area contributed by atoms with Gasteiger partial charge in [-0.15, -0.1) is 11.3 Å². The van der Waals surface area contributed by atoms with Crippen molar-refractivity contribution in [3.8, 4) is 10.8 Å². The summed E-state index contributed by atoms with van der Waals surface area (Å²) >= 11 is 1.09.